The van der Waals surface area contributed by atoms with E-state index in [1.54, 1.807) is 0 Å². The fraction of sp³-hybridized carbons (Fsp3) is 0.938. The highest BCUT2D eigenvalue weighted by atomic mass is 16.4. The number of unbranched alkanes of at least 4 members (excludes halogenated alkanes) is 5. The molecule has 0 saturated carbocycles. The molecule has 144 valence electrons. The van der Waals surface area contributed by atoms with E-state index in [-0.39, 0.29) is 6.54 Å². The lowest BCUT2D eigenvalue weighted by Crippen LogP contribution is -2.52. The quantitative estimate of drug-likeness (QED) is 0.178. The molecule has 1 amide bonds. The highest BCUT2D eigenvalue weighted by molar-refractivity contribution is 5.81. The van der Waals surface area contributed by atoms with Crippen LogP contribution >= 0.6 is 0 Å². The van der Waals surface area contributed by atoms with Gasteiger partial charge in [0.05, 0.1) is 6.61 Å². The fourth-order valence-corrected chi connectivity index (χ4v) is 2.21. The Morgan fingerprint density at radius 2 is 1.50 bits per heavy atom. The van der Waals surface area contributed by atoms with Crippen molar-refractivity contribution in [3.63, 3.8) is 0 Å². The molecule has 0 fully saturated rings. The van der Waals surface area contributed by atoms with Crippen molar-refractivity contribution in [2.45, 2.75) is 69.9 Å². The van der Waals surface area contributed by atoms with Gasteiger partial charge in [0.2, 0.25) is 0 Å². The number of nitrogens with one attached hydrogen (secondary N) is 2. The van der Waals surface area contributed by atoms with E-state index in [1.807, 2.05) is 0 Å². The van der Waals surface area contributed by atoms with E-state index in [0.29, 0.717) is 6.54 Å². The van der Waals surface area contributed by atoms with E-state index < -0.39 is 36.9 Å². The van der Waals surface area contributed by atoms with Gasteiger partial charge in [-0.3, -0.25) is 4.79 Å². The number of carbonyl (C=O) groups is 1. The molecule has 7 N–H and O–H groups in total. The van der Waals surface area contributed by atoms with Gasteiger partial charge in [-0.2, -0.15) is 0 Å². The highest BCUT2D eigenvalue weighted by Crippen LogP contribution is 2.05. The molecule has 0 saturated heterocycles. The van der Waals surface area contributed by atoms with E-state index in [0.717, 1.165) is 13.0 Å². The molecule has 0 aromatic rings. The molecule has 0 aromatic carbocycles. The lowest BCUT2D eigenvalue weighted by atomic mass is 10.0. The molecule has 0 aliphatic carbocycles. The van der Waals surface area contributed by atoms with Crippen LogP contribution in [0.2, 0.25) is 0 Å². The molecular weight excluding hydrogens is 316 g/mol. The van der Waals surface area contributed by atoms with Crippen LogP contribution in [0.25, 0.3) is 0 Å². The molecule has 0 bridgehead atoms. The summed E-state index contributed by atoms with van der Waals surface area (Å²) >= 11 is 0. The van der Waals surface area contributed by atoms with Crippen molar-refractivity contribution in [1.82, 2.24) is 10.6 Å². The summed E-state index contributed by atoms with van der Waals surface area (Å²) in [6.07, 6.45) is 0.0826. The van der Waals surface area contributed by atoms with Gasteiger partial charge in [-0.1, -0.05) is 39.0 Å². The summed E-state index contributed by atoms with van der Waals surface area (Å²) in [4.78, 5) is 11.6. The van der Waals surface area contributed by atoms with Crippen LogP contribution in [0.4, 0.5) is 0 Å². The van der Waals surface area contributed by atoms with Crippen molar-refractivity contribution < 1.29 is 30.3 Å². The summed E-state index contributed by atoms with van der Waals surface area (Å²) in [6.45, 7) is 3.06. The van der Waals surface area contributed by atoms with Gasteiger partial charge in [0.15, 0.2) is 6.10 Å². The molecule has 4 atom stereocenters. The van der Waals surface area contributed by atoms with Crippen molar-refractivity contribution in [2.24, 2.45) is 0 Å². The molecular formula is C16H34N2O6. The van der Waals surface area contributed by atoms with Gasteiger partial charge in [0, 0.05) is 13.1 Å². The second-order valence-electron chi connectivity index (χ2n) is 5.98. The largest absolute Gasteiger partial charge is 0.394 e. The van der Waals surface area contributed by atoms with Crippen LogP contribution in [0.3, 0.4) is 0 Å². The number of hydrogen-bond donors (Lipinski definition) is 7. The highest BCUT2D eigenvalue weighted by Gasteiger charge is 2.33. The van der Waals surface area contributed by atoms with Gasteiger partial charge >= 0.3 is 0 Å². The molecule has 0 aliphatic heterocycles. The normalized spacial score (nSPS) is 16.4. The number of aliphatic hydroxyl groups is 5. The number of carbonyl (C=O) groups excluding carboxylic acids is 1. The second-order valence-corrected chi connectivity index (χ2v) is 5.98. The maximum absolute atomic E-state index is 11.6. The molecule has 8 heteroatoms. The zero-order valence-corrected chi connectivity index (χ0v) is 14.5. The Kier molecular flexibility index (Phi) is 14.1. The molecule has 8 nitrogen and oxygen atoms in total. The van der Waals surface area contributed by atoms with Crippen LogP contribution in [0.1, 0.15) is 45.4 Å². The van der Waals surface area contributed by atoms with Crippen molar-refractivity contribution in [1.29, 1.82) is 0 Å². The Labute approximate surface area is 143 Å². The topological polar surface area (TPSA) is 142 Å². The predicted octanol–water partition coefficient (Wildman–Crippen LogP) is -1.51. The monoisotopic (exact) mass is 350 g/mol. The van der Waals surface area contributed by atoms with Crippen LogP contribution in [-0.2, 0) is 4.79 Å². The summed E-state index contributed by atoms with van der Waals surface area (Å²) in [6, 6.07) is 0. The first-order valence-corrected chi connectivity index (χ1v) is 8.77. The Morgan fingerprint density at radius 3 is 2.12 bits per heavy atom. The Morgan fingerprint density at radius 1 is 0.875 bits per heavy atom. The molecule has 0 heterocycles. The Bertz CT molecular complexity index is 319. The lowest BCUT2D eigenvalue weighted by molar-refractivity contribution is -0.148. The first-order valence-electron chi connectivity index (χ1n) is 8.77. The first-order chi connectivity index (χ1) is 11.5. The Hall–Kier alpha value is -0.770. The van der Waals surface area contributed by atoms with Crippen molar-refractivity contribution in [3.05, 3.63) is 0 Å². The maximum atomic E-state index is 11.6. The minimum absolute atomic E-state index is 0.275. The first kappa shape index (κ1) is 23.2. The maximum Gasteiger partial charge on any atom is 0.251 e. The van der Waals surface area contributed by atoms with Crippen molar-refractivity contribution in [2.75, 3.05) is 26.2 Å². The number of hydrogen-bond acceptors (Lipinski definition) is 7. The number of amides is 1. The van der Waals surface area contributed by atoms with Gasteiger partial charge in [0.25, 0.3) is 5.91 Å². The molecule has 0 unspecified atom stereocenters. The van der Waals surface area contributed by atoms with Crippen LogP contribution in [0.5, 0.6) is 0 Å². The molecule has 0 radical (unpaired) electrons. The van der Waals surface area contributed by atoms with Gasteiger partial charge in [-0.25, -0.2) is 0 Å². The average Bonchev–Trinajstić information content (AvgIpc) is 2.60. The summed E-state index contributed by atoms with van der Waals surface area (Å²) in [5.41, 5.74) is 0. The molecule has 24 heavy (non-hydrogen) atoms. The zero-order valence-electron chi connectivity index (χ0n) is 14.5. The number of rotatable bonds is 15. The minimum Gasteiger partial charge on any atom is -0.394 e. The third-order valence-corrected chi connectivity index (χ3v) is 3.83. The smallest absolute Gasteiger partial charge is 0.251 e. The SMILES string of the molecule is CCCCCCCCNCCNC(=O)[C@H](O)[C@@H](O)[C@H](O)[C@H](O)CO. The fourth-order valence-electron chi connectivity index (χ4n) is 2.21. The molecule has 0 spiro atoms. The molecule has 0 rings (SSSR count). The van der Waals surface area contributed by atoms with E-state index in [2.05, 4.69) is 17.6 Å². The lowest BCUT2D eigenvalue weighted by Gasteiger charge is -2.24. The number of aliphatic hydroxyl groups excluding tert-OH is 5. The second kappa shape index (κ2) is 14.6. The van der Waals surface area contributed by atoms with E-state index in [4.69, 9.17) is 5.11 Å². The minimum atomic E-state index is -1.88. The van der Waals surface area contributed by atoms with E-state index >= 15 is 0 Å². The summed E-state index contributed by atoms with van der Waals surface area (Å²) in [5, 5.41) is 52.1. The van der Waals surface area contributed by atoms with E-state index in [1.165, 1.54) is 32.1 Å². The predicted molar refractivity (Wildman–Crippen MR) is 90.4 cm³/mol. The summed E-state index contributed by atoms with van der Waals surface area (Å²) < 4.78 is 0. The van der Waals surface area contributed by atoms with Gasteiger partial charge < -0.3 is 36.2 Å². The van der Waals surface area contributed by atoms with Gasteiger partial charge in [-0.05, 0) is 13.0 Å². The average molecular weight is 350 g/mol. The van der Waals surface area contributed by atoms with Crippen LogP contribution < -0.4 is 10.6 Å². The summed E-state index contributed by atoms with van der Waals surface area (Å²) in [5.74, 6) is -0.840. The van der Waals surface area contributed by atoms with E-state index in [9.17, 15) is 25.2 Å². The third-order valence-electron chi connectivity index (χ3n) is 3.83. The van der Waals surface area contributed by atoms with Gasteiger partial charge in [0.1, 0.15) is 18.3 Å². The zero-order chi connectivity index (χ0) is 18.4. The third kappa shape index (κ3) is 10.2. The Balaban J connectivity index is 3.71. The molecule has 0 aliphatic rings. The van der Waals surface area contributed by atoms with Gasteiger partial charge in [-0.15, -0.1) is 0 Å². The van der Waals surface area contributed by atoms with Crippen molar-refractivity contribution >= 4 is 5.91 Å². The standard InChI is InChI=1S/C16H34N2O6/c1-2-3-4-5-6-7-8-17-9-10-18-16(24)15(23)14(22)13(21)12(20)11-19/h12-15,17,19-23H,2-11H2,1H3,(H,18,24)/t12-,13-,14+,15-/m1/s1. The van der Waals surface area contributed by atoms with Crippen LogP contribution in [0.15, 0.2) is 0 Å². The van der Waals surface area contributed by atoms with Crippen molar-refractivity contribution in [3.8, 4) is 0 Å². The summed E-state index contributed by atoms with van der Waals surface area (Å²) in [7, 11) is 0. The molecule has 0 aromatic heterocycles. The van der Waals surface area contributed by atoms with Crippen LogP contribution in [0, 0.1) is 0 Å². The van der Waals surface area contributed by atoms with Crippen LogP contribution in [-0.4, -0.2) is 82.1 Å².